The van der Waals surface area contributed by atoms with Crippen molar-refractivity contribution in [3.8, 4) is 0 Å². The van der Waals surface area contributed by atoms with E-state index in [1.807, 2.05) is 25.1 Å². The number of hydrogen-bond donors (Lipinski definition) is 3. The van der Waals surface area contributed by atoms with Crippen LogP contribution in [0.1, 0.15) is 77.1 Å². The smallest absolute Gasteiger partial charge is 0.414 e. The first kappa shape index (κ1) is 25.1. The molecule has 0 radical (unpaired) electrons. The number of carbonyl (C=O) groups is 2. The summed E-state index contributed by atoms with van der Waals surface area (Å²) in [5, 5.41) is 20.5. The molecule has 1 unspecified atom stereocenters. The van der Waals surface area contributed by atoms with E-state index >= 15 is 0 Å². The van der Waals surface area contributed by atoms with Crippen LogP contribution in [0.5, 0.6) is 0 Å². The van der Waals surface area contributed by atoms with Crippen LogP contribution in [0.4, 0.5) is 22.2 Å². The predicted octanol–water partition coefficient (Wildman–Crippen LogP) is 5.52. The topological polar surface area (TPSA) is 125 Å². The van der Waals surface area contributed by atoms with E-state index in [2.05, 4.69) is 40.9 Å². The maximum Gasteiger partial charge on any atom is 0.414 e. The molecule has 2 aromatic heterocycles. The number of carboxylic acid groups (broad SMARTS) is 1. The quantitative estimate of drug-likeness (QED) is 0.423. The second-order valence-electron chi connectivity index (χ2n) is 11.3. The summed E-state index contributed by atoms with van der Waals surface area (Å²) in [7, 11) is 1.40. The molecule has 2 aliphatic rings. The number of nitrogens with zero attached hydrogens (tertiary/aromatic N) is 4. The van der Waals surface area contributed by atoms with Crippen LogP contribution >= 0.6 is 0 Å². The zero-order valence-electron chi connectivity index (χ0n) is 22.2. The third kappa shape index (κ3) is 4.53. The first-order chi connectivity index (χ1) is 17.6. The molecule has 10 heteroatoms. The fourth-order valence-corrected chi connectivity index (χ4v) is 5.70. The zero-order chi connectivity index (χ0) is 26.5. The van der Waals surface area contributed by atoms with Crippen LogP contribution in [0, 0.1) is 5.92 Å². The number of amides is 1. The molecule has 1 aliphatic heterocycles. The number of imidazole rings is 1. The van der Waals surface area contributed by atoms with Crippen molar-refractivity contribution in [2.24, 2.45) is 5.92 Å². The van der Waals surface area contributed by atoms with Gasteiger partial charge in [-0.25, -0.2) is 9.78 Å². The van der Waals surface area contributed by atoms with Crippen molar-refractivity contribution in [2.75, 3.05) is 17.3 Å². The van der Waals surface area contributed by atoms with Crippen molar-refractivity contribution < 1.29 is 19.4 Å². The van der Waals surface area contributed by atoms with Crippen LogP contribution in [0.15, 0.2) is 18.2 Å². The molecule has 10 nitrogen and oxygen atoms in total. The summed E-state index contributed by atoms with van der Waals surface area (Å²) in [5.41, 5.74) is 4.63. The van der Waals surface area contributed by atoms with Crippen molar-refractivity contribution in [1.82, 2.24) is 19.7 Å². The number of methoxy groups -OCH3 is 1. The molecule has 1 aliphatic carbocycles. The predicted molar refractivity (Wildman–Crippen MR) is 142 cm³/mol. The van der Waals surface area contributed by atoms with Crippen LogP contribution < -0.4 is 10.2 Å². The zero-order valence-corrected chi connectivity index (χ0v) is 22.2. The van der Waals surface area contributed by atoms with Crippen LogP contribution in [0.3, 0.4) is 0 Å². The van der Waals surface area contributed by atoms with E-state index in [9.17, 15) is 14.7 Å². The minimum atomic E-state index is -0.718. The molecular formula is C27H36N6O4. The Morgan fingerprint density at radius 2 is 1.89 bits per heavy atom. The van der Waals surface area contributed by atoms with Gasteiger partial charge in [-0.3, -0.25) is 14.8 Å². The summed E-state index contributed by atoms with van der Waals surface area (Å²) in [6.45, 7) is 8.41. The van der Waals surface area contributed by atoms with E-state index in [-0.39, 0.29) is 29.5 Å². The molecule has 1 atom stereocenters. The van der Waals surface area contributed by atoms with E-state index in [0.29, 0.717) is 24.6 Å². The molecule has 0 spiro atoms. The second kappa shape index (κ2) is 9.39. The number of anilines is 3. The first-order valence-electron chi connectivity index (χ1n) is 13.0. The molecule has 3 N–H and O–H groups in total. The van der Waals surface area contributed by atoms with Crippen LogP contribution in [0.25, 0.3) is 11.0 Å². The Bertz CT molecular complexity index is 1330. The Morgan fingerprint density at radius 3 is 2.51 bits per heavy atom. The summed E-state index contributed by atoms with van der Waals surface area (Å²) in [5.74, 6) is 0.340. The van der Waals surface area contributed by atoms with Gasteiger partial charge in [-0.05, 0) is 57.6 Å². The van der Waals surface area contributed by atoms with Gasteiger partial charge in [0.1, 0.15) is 0 Å². The first-order valence-corrected chi connectivity index (χ1v) is 13.0. The Hall–Kier alpha value is -3.56. The number of aliphatic carboxylic acids is 1. The highest BCUT2D eigenvalue weighted by Gasteiger charge is 2.34. The van der Waals surface area contributed by atoms with Gasteiger partial charge in [-0.2, -0.15) is 5.10 Å². The number of aromatic amines is 1. The maximum absolute atomic E-state index is 12.6. The lowest BCUT2D eigenvalue weighted by Crippen LogP contribution is -2.42. The van der Waals surface area contributed by atoms with Crippen molar-refractivity contribution in [2.45, 2.75) is 83.7 Å². The van der Waals surface area contributed by atoms with Gasteiger partial charge in [-0.15, -0.1) is 0 Å². The van der Waals surface area contributed by atoms with Gasteiger partial charge in [0, 0.05) is 34.8 Å². The standard InChI is InChI=1S/C27H36N6O4/c1-15-6-11-18-19(32(15)26(36)37-5)12-13-20-23(18)29-25(28-22-14-21(30-31-22)27(2,3)4)33(20)17-9-7-16(8-10-17)24(34)35/h12-17H,6-11H2,1-5H3,(H,34,35)(H2,28,29,30,31). The number of aryl methyl sites for hydroxylation is 1. The van der Waals surface area contributed by atoms with E-state index in [0.717, 1.165) is 53.7 Å². The SMILES string of the molecule is COC(=O)N1c2ccc3c(nc(Nc4cc(C(C)(C)C)[nH]n4)n3C3CCC(C(=O)O)CC3)c2CCC1C. The van der Waals surface area contributed by atoms with Gasteiger partial charge in [-0.1, -0.05) is 20.8 Å². The summed E-state index contributed by atoms with van der Waals surface area (Å²) < 4.78 is 7.29. The number of carboxylic acids is 1. The highest BCUT2D eigenvalue weighted by Crippen LogP contribution is 2.42. The van der Waals surface area contributed by atoms with E-state index < -0.39 is 5.97 Å². The molecule has 0 bridgehead atoms. The minimum Gasteiger partial charge on any atom is -0.481 e. The van der Waals surface area contributed by atoms with Crippen molar-refractivity contribution in [1.29, 1.82) is 0 Å². The summed E-state index contributed by atoms with van der Waals surface area (Å²) in [6, 6.07) is 6.15. The van der Waals surface area contributed by atoms with Gasteiger partial charge in [0.2, 0.25) is 5.95 Å². The number of hydrogen-bond acceptors (Lipinski definition) is 6. The van der Waals surface area contributed by atoms with Gasteiger partial charge >= 0.3 is 12.1 Å². The third-order valence-corrected chi connectivity index (χ3v) is 7.86. The van der Waals surface area contributed by atoms with Gasteiger partial charge < -0.3 is 19.7 Å². The monoisotopic (exact) mass is 508 g/mol. The highest BCUT2D eigenvalue weighted by atomic mass is 16.5. The molecule has 198 valence electrons. The average molecular weight is 509 g/mol. The summed E-state index contributed by atoms with van der Waals surface area (Å²) in [4.78, 5) is 31.0. The largest absolute Gasteiger partial charge is 0.481 e. The second-order valence-corrected chi connectivity index (χ2v) is 11.3. The number of carbonyl (C=O) groups excluding carboxylic acids is 1. The molecular weight excluding hydrogens is 472 g/mol. The van der Waals surface area contributed by atoms with Crippen molar-refractivity contribution >= 4 is 40.5 Å². The Kier molecular flexibility index (Phi) is 6.37. The number of ether oxygens (including phenoxy) is 1. The molecule has 37 heavy (non-hydrogen) atoms. The fraction of sp³-hybridized carbons (Fsp3) is 0.556. The lowest BCUT2D eigenvalue weighted by Gasteiger charge is -2.34. The van der Waals surface area contributed by atoms with E-state index in [1.165, 1.54) is 7.11 Å². The maximum atomic E-state index is 12.6. The van der Waals surface area contributed by atoms with Gasteiger partial charge in [0.15, 0.2) is 5.82 Å². The highest BCUT2D eigenvalue weighted by molar-refractivity contribution is 5.96. The van der Waals surface area contributed by atoms with Crippen molar-refractivity contribution in [3.63, 3.8) is 0 Å². The normalized spacial score (nSPS) is 22.1. The van der Waals surface area contributed by atoms with E-state index in [1.54, 1.807) is 4.90 Å². The number of rotatable bonds is 4. The van der Waals surface area contributed by atoms with Gasteiger partial charge in [0.25, 0.3) is 0 Å². The Balaban J connectivity index is 1.60. The minimum absolute atomic E-state index is 0.0308. The average Bonchev–Trinajstić information content (AvgIpc) is 3.48. The van der Waals surface area contributed by atoms with Gasteiger partial charge in [0.05, 0.1) is 29.7 Å². The molecule has 1 amide bonds. The lowest BCUT2D eigenvalue weighted by atomic mass is 9.86. The third-order valence-electron chi connectivity index (χ3n) is 7.86. The van der Waals surface area contributed by atoms with Crippen LogP contribution in [-0.2, 0) is 21.4 Å². The number of fused-ring (bicyclic) bond motifs is 3. The number of nitrogens with one attached hydrogen (secondary N) is 2. The number of aromatic nitrogens is 4. The van der Waals surface area contributed by atoms with E-state index in [4.69, 9.17) is 9.72 Å². The molecule has 1 fully saturated rings. The molecule has 0 saturated heterocycles. The van der Waals surface area contributed by atoms with Crippen LogP contribution in [0.2, 0.25) is 0 Å². The number of benzene rings is 1. The molecule has 1 aromatic carbocycles. The summed E-state index contributed by atoms with van der Waals surface area (Å²) >= 11 is 0. The molecule has 5 rings (SSSR count). The molecule has 1 saturated carbocycles. The molecule has 3 heterocycles. The Morgan fingerprint density at radius 1 is 1.16 bits per heavy atom. The van der Waals surface area contributed by atoms with Crippen LogP contribution in [-0.4, -0.2) is 50.1 Å². The fourth-order valence-electron chi connectivity index (χ4n) is 5.70. The Labute approximate surface area is 216 Å². The summed E-state index contributed by atoms with van der Waals surface area (Å²) in [6.07, 6.45) is 4.03. The molecule has 3 aromatic rings. The lowest BCUT2D eigenvalue weighted by molar-refractivity contribution is -0.143. The number of H-pyrrole nitrogens is 1. The van der Waals surface area contributed by atoms with Crippen molar-refractivity contribution in [3.05, 3.63) is 29.5 Å².